The molecule has 1 aliphatic heterocycles. The second kappa shape index (κ2) is 7.92. The molecule has 1 heterocycles. The van der Waals surface area contributed by atoms with Crippen LogP contribution in [0.25, 0.3) is 0 Å². The van der Waals surface area contributed by atoms with Crippen molar-refractivity contribution in [1.29, 1.82) is 0 Å². The van der Waals surface area contributed by atoms with Gasteiger partial charge in [-0.05, 0) is 67.0 Å². The predicted molar refractivity (Wildman–Crippen MR) is 113 cm³/mol. The number of benzene rings is 2. The van der Waals surface area contributed by atoms with Gasteiger partial charge < -0.3 is 4.90 Å². The van der Waals surface area contributed by atoms with Gasteiger partial charge in [0.2, 0.25) is 10.0 Å². The van der Waals surface area contributed by atoms with Crippen molar-refractivity contribution < 1.29 is 13.2 Å². The summed E-state index contributed by atoms with van der Waals surface area (Å²) in [6.07, 6.45) is 3.68. The number of sulfonamides is 1. The molecule has 1 aliphatic carbocycles. The summed E-state index contributed by atoms with van der Waals surface area (Å²) in [7, 11) is -1.67. The number of fused-ring (bicyclic) bond motifs is 1. The van der Waals surface area contributed by atoms with Gasteiger partial charge in [-0.15, -0.1) is 0 Å². The van der Waals surface area contributed by atoms with E-state index in [1.54, 1.807) is 33.5 Å². The summed E-state index contributed by atoms with van der Waals surface area (Å²) in [5.41, 5.74) is 3.03. The zero-order valence-corrected chi connectivity index (χ0v) is 17.9. The molecule has 0 N–H and O–H groups in total. The molecule has 0 bridgehead atoms. The third kappa shape index (κ3) is 3.83. The highest BCUT2D eigenvalue weighted by atomic mass is 32.2. The van der Waals surface area contributed by atoms with Crippen LogP contribution in [0.4, 0.5) is 0 Å². The van der Waals surface area contributed by atoms with Crippen LogP contribution in [0, 0.1) is 5.92 Å². The van der Waals surface area contributed by atoms with Crippen molar-refractivity contribution in [2.45, 2.75) is 43.5 Å². The molecule has 0 aromatic heterocycles. The number of hydrogen-bond donors (Lipinski definition) is 0. The number of amides is 1. The number of rotatable bonds is 4. The Morgan fingerprint density at radius 3 is 2.34 bits per heavy atom. The zero-order valence-electron chi connectivity index (χ0n) is 17.0. The van der Waals surface area contributed by atoms with E-state index in [1.807, 2.05) is 19.2 Å². The number of piperidine rings is 1. The van der Waals surface area contributed by atoms with Crippen LogP contribution in [0.15, 0.2) is 53.4 Å². The standard InChI is InChI=1S/C23H28N2O3S/c1-17-13-15-25(16-14-17)29(27,28)20-10-7-19(8-11-20)23(26)24(2)22-12-9-18-5-3-4-6-21(18)22/h3-8,10-11,17,22H,9,12-16H2,1-2H3. The second-order valence-corrected chi connectivity index (χ2v) is 10.2. The molecule has 0 radical (unpaired) electrons. The van der Waals surface area contributed by atoms with Crippen molar-refractivity contribution in [3.8, 4) is 0 Å². The Hall–Kier alpha value is -2.18. The van der Waals surface area contributed by atoms with E-state index in [2.05, 4.69) is 19.1 Å². The maximum absolute atomic E-state index is 13.0. The van der Waals surface area contributed by atoms with Gasteiger partial charge in [-0.25, -0.2) is 8.42 Å². The number of carbonyl (C=O) groups is 1. The zero-order chi connectivity index (χ0) is 20.6. The Morgan fingerprint density at radius 1 is 1.00 bits per heavy atom. The van der Waals surface area contributed by atoms with Crippen LogP contribution >= 0.6 is 0 Å². The van der Waals surface area contributed by atoms with Crippen molar-refractivity contribution in [3.05, 3.63) is 65.2 Å². The van der Waals surface area contributed by atoms with Gasteiger partial charge in [-0.1, -0.05) is 31.2 Å². The maximum Gasteiger partial charge on any atom is 0.254 e. The number of aryl methyl sites for hydroxylation is 1. The Kier molecular flexibility index (Phi) is 5.49. The normalized spacial score (nSPS) is 20.4. The maximum atomic E-state index is 13.0. The highest BCUT2D eigenvalue weighted by molar-refractivity contribution is 7.89. The van der Waals surface area contributed by atoms with Crippen molar-refractivity contribution in [2.75, 3.05) is 20.1 Å². The molecule has 0 saturated carbocycles. The van der Waals surface area contributed by atoms with E-state index >= 15 is 0 Å². The molecule has 0 spiro atoms. The molecule has 1 unspecified atom stereocenters. The fourth-order valence-electron chi connectivity index (χ4n) is 4.43. The van der Waals surface area contributed by atoms with Gasteiger partial charge in [0.25, 0.3) is 5.91 Å². The molecule has 1 saturated heterocycles. The van der Waals surface area contributed by atoms with Crippen LogP contribution in [-0.4, -0.2) is 43.7 Å². The lowest BCUT2D eigenvalue weighted by Crippen LogP contribution is -2.37. The van der Waals surface area contributed by atoms with Crippen LogP contribution in [0.5, 0.6) is 0 Å². The molecule has 2 aliphatic rings. The minimum absolute atomic E-state index is 0.0671. The number of nitrogens with zero attached hydrogens (tertiary/aromatic N) is 2. The third-order valence-corrected chi connectivity index (χ3v) is 8.28. The first-order valence-electron chi connectivity index (χ1n) is 10.3. The van der Waals surface area contributed by atoms with E-state index in [9.17, 15) is 13.2 Å². The molecule has 1 fully saturated rings. The van der Waals surface area contributed by atoms with Crippen molar-refractivity contribution in [2.24, 2.45) is 5.92 Å². The fraction of sp³-hybridized carbons (Fsp3) is 0.435. The van der Waals surface area contributed by atoms with E-state index in [0.29, 0.717) is 24.6 Å². The number of hydrogen-bond acceptors (Lipinski definition) is 3. The average molecular weight is 413 g/mol. The van der Waals surface area contributed by atoms with Gasteiger partial charge in [0.15, 0.2) is 0 Å². The molecular weight excluding hydrogens is 384 g/mol. The molecular formula is C23H28N2O3S. The Morgan fingerprint density at radius 2 is 1.66 bits per heavy atom. The molecule has 154 valence electrons. The van der Waals surface area contributed by atoms with E-state index in [-0.39, 0.29) is 16.8 Å². The van der Waals surface area contributed by atoms with Crippen LogP contribution < -0.4 is 0 Å². The van der Waals surface area contributed by atoms with Gasteiger partial charge in [-0.3, -0.25) is 4.79 Å². The van der Waals surface area contributed by atoms with Crippen molar-refractivity contribution in [1.82, 2.24) is 9.21 Å². The highest BCUT2D eigenvalue weighted by Crippen LogP contribution is 2.35. The average Bonchev–Trinajstić information content (AvgIpc) is 3.17. The first kappa shape index (κ1) is 20.1. The molecule has 5 nitrogen and oxygen atoms in total. The number of carbonyl (C=O) groups excluding carboxylic acids is 1. The summed E-state index contributed by atoms with van der Waals surface area (Å²) < 4.78 is 27.3. The topological polar surface area (TPSA) is 57.7 Å². The van der Waals surface area contributed by atoms with E-state index < -0.39 is 10.0 Å². The van der Waals surface area contributed by atoms with Crippen LogP contribution in [0.3, 0.4) is 0 Å². The van der Waals surface area contributed by atoms with Gasteiger partial charge in [0, 0.05) is 25.7 Å². The quantitative estimate of drug-likeness (QED) is 0.766. The lowest BCUT2D eigenvalue weighted by molar-refractivity contribution is 0.0730. The van der Waals surface area contributed by atoms with Crippen molar-refractivity contribution >= 4 is 15.9 Å². The molecule has 2 aromatic rings. The van der Waals surface area contributed by atoms with Gasteiger partial charge in [-0.2, -0.15) is 4.31 Å². The lowest BCUT2D eigenvalue weighted by Gasteiger charge is -2.29. The SMILES string of the molecule is CC1CCN(S(=O)(=O)c2ccc(C(=O)N(C)C3CCc4ccccc43)cc2)CC1. The van der Waals surface area contributed by atoms with Crippen molar-refractivity contribution in [3.63, 3.8) is 0 Å². The summed E-state index contributed by atoms with van der Waals surface area (Å²) >= 11 is 0. The predicted octanol–water partition coefficient (Wildman–Crippen LogP) is 3.87. The largest absolute Gasteiger partial charge is 0.335 e. The summed E-state index contributed by atoms with van der Waals surface area (Å²) in [5, 5.41) is 0. The summed E-state index contributed by atoms with van der Waals surface area (Å²) in [6.45, 7) is 3.28. The molecule has 4 rings (SSSR count). The van der Waals surface area contributed by atoms with Gasteiger partial charge in [0.1, 0.15) is 0 Å². The Bertz CT molecular complexity index is 993. The highest BCUT2D eigenvalue weighted by Gasteiger charge is 2.30. The minimum atomic E-state index is -3.50. The summed E-state index contributed by atoms with van der Waals surface area (Å²) in [5.74, 6) is 0.486. The Balaban J connectivity index is 1.50. The lowest BCUT2D eigenvalue weighted by atomic mass is 10.0. The van der Waals surface area contributed by atoms with Gasteiger partial charge in [0.05, 0.1) is 10.9 Å². The molecule has 1 amide bonds. The molecule has 2 aromatic carbocycles. The molecule has 1 atom stereocenters. The second-order valence-electron chi connectivity index (χ2n) is 8.28. The first-order chi connectivity index (χ1) is 13.9. The van der Waals surface area contributed by atoms with E-state index in [0.717, 1.165) is 25.7 Å². The molecule has 6 heteroatoms. The van der Waals surface area contributed by atoms with Crippen LogP contribution in [0.2, 0.25) is 0 Å². The van der Waals surface area contributed by atoms with Crippen LogP contribution in [0.1, 0.15) is 53.7 Å². The summed E-state index contributed by atoms with van der Waals surface area (Å²) in [4.78, 5) is 15.0. The smallest absolute Gasteiger partial charge is 0.254 e. The Labute approximate surface area is 173 Å². The fourth-order valence-corrected chi connectivity index (χ4v) is 5.90. The van der Waals surface area contributed by atoms with E-state index in [4.69, 9.17) is 0 Å². The van der Waals surface area contributed by atoms with Crippen LogP contribution in [-0.2, 0) is 16.4 Å². The monoisotopic (exact) mass is 412 g/mol. The third-order valence-electron chi connectivity index (χ3n) is 6.37. The molecule has 29 heavy (non-hydrogen) atoms. The van der Waals surface area contributed by atoms with E-state index in [1.165, 1.54) is 11.1 Å². The summed E-state index contributed by atoms with van der Waals surface area (Å²) in [6, 6.07) is 14.7. The van der Waals surface area contributed by atoms with Gasteiger partial charge >= 0.3 is 0 Å². The first-order valence-corrected chi connectivity index (χ1v) is 11.8. The minimum Gasteiger partial charge on any atom is -0.335 e.